The summed E-state index contributed by atoms with van der Waals surface area (Å²) in [7, 11) is 0. The number of rotatable bonds is 2. The van der Waals surface area contributed by atoms with Crippen LogP contribution in [0.2, 0.25) is 0 Å². The minimum absolute atomic E-state index is 0.0454. The Morgan fingerprint density at radius 1 is 1.04 bits per heavy atom. The van der Waals surface area contributed by atoms with Gasteiger partial charge in [0.2, 0.25) is 0 Å². The molecule has 5 rings (SSSR count). The van der Waals surface area contributed by atoms with E-state index < -0.39 is 0 Å². The highest BCUT2D eigenvalue weighted by Gasteiger charge is 2.65. The summed E-state index contributed by atoms with van der Waals surface area (Å²) in [5.41, 5.74) is -0.215. The van der Waals surface area contributed by atoms with Gasteiger partial charge in [-0.15, -0.1) is 0 Å². The molecule has 0 aromatic carbocycles. The molecule has 0 amide bonds. The van der Waals surface area contributed by atoms with Gasteiger partial charge < -0.3 is 18.9 Å². The summed E-state index contributed by atoms with van der Waals surface area (Å²) < 4.78 is 26.0. The van der Waals surface area contributed by atoms with Gasteiger partial charge in [-0.05, 0) is 39.0 Å². The summed E-state index contributed by atoms with van der Waals surface area (Å²) >= 11 is 0. The first-order chi connectivity index (χ1) is 12.1. The van der Waals surface area contributed by atoms with E-state index in [0.29, 0.717) is 0 Å². The van der Waals surface area contributed by atoms with Crippen LogP contribution in [0.4, 0.5) is 0 Å². The summed E-state index contributed by atoms with van der Waals surface area (Å²) in [6.45, 7) is 1.98. The molecule has 5 heteroatoms. The molecule has 5 nitrogen and oxygen atoms in total. The Hall–Kier alpha value is -0.670. The van der Waals surface area contributed by atoms with E-state index in [4.69, 9.17) is 24.2 Å². The van der Waals surface area contributed by atoms with Gasteiger partial charge in [-0.2, -0.15) is 5.26 Å². The Bertz CT molecular complexity index is 569. The molecule has 3 saturated heterocycles. The zero-order valence-corrected chi connectivity index (χ0v) is 15.1. The minimum atomic E-state index is -0.350. The fourth-order valence-electron chi connectivity index (χ4n) is 5.94. The second-order valence-electron chi connectivity index (χ2n) is 8.93. The Labute approximate surface area is 149 Å². The number of nitrogens with zero attached hydrogens (tertiary/aromatic N) is 1. The number of hydrogen-bond acceptors (Lipinski definition) is 5. The minimum Gasteiger partial charge on any atom is -0.369 e. The van der Waals surface area contributed by atoms with Crippen LogP contribution in [0.5, 0.6) is 0 Å². The SMILES string of the molecule is C[C@@H](C#N)C[C@H]1CCC2O[C@@H]3C[C@]2(C[C@H]2OC4(CCCCC4)O[C@@H]32)O1. The Kier molecular flexibility index (Phi) is 3.91. The zero-order valence-electron chi connectivity index (χ0n) is 15.1. The smallest absolute Gasteiger partial charge is 0.169 e. The van der Waals surface area contributed by atoms with Gasteiger partial charge in [0.1, 0.15) is 6.10 Å². The molecule has 3 aliphatic heterocycles. The van der Waals surface area contributed by atoms with E-state index in [1.807, 2.05) is 6.92 Å². The molecular formula is C20H29NO4. The van der Waals surface area contributed by atoms with Crippen molar-refractivity contribution in [3.05, 3.63) is 0 Å². The topological polar surface area (TPSA) is 60.7 Å². The first kappa shape index (κ1) is 16.5. The molecular weight excluding hydrogens is 318 g/mol. The zero-order chi connectivity index (χ0) is 17.1. The van der Waals surface area contributed by atoms with Crippen LogP contribution in [0.1, 0.15) is 71.1 Å². The van der Waals surface area contributed by atoms with Crippen molar-refractivity contribution in [2.75, 3.05) is 0 Å². The molecule has 2 spiro atoms. The fraction of sp³-hybridized carbons (Fsp3) is 0.950. The maximum atomic E-state index is 9.12. The highest BCUT2D eigenvalue weighted by Crippen LogP contribution is 2.55. The molecule has 5 aliphatic rings. The van der Waals surface area contributed by atoms with E-state index in [1.165, 1.54) is 19.3 Å². The van der Waals surface area contributed by atoms with Gasteiger partial charge in [0.25, 0.3) is 0 Å². The largest absolute Gasteiger partial charge is 0.369 e. The Morgan fingerprint density at radius 3 is 2.64 bits per heavy atom. The summed E-state index contributed by atoms with van der Waals surface area (Å²) in [6.07, 6.45) is 11.0. The maximum Gasteiger partial charge on any atom is 0.169 e. The van der Waals surface area contributed by atoms with Crippen LogP contribution in [0.15, 0.2) is 0 Å². The van der Waals surface area contributed by atoms with Crippen LogP contribution in [0.3, 0.4) is 0 Å². The lowest BCUT2D eigenvalue weighted by molar-refractivity contribution is -0.216. The molecule has 3 heterocycles. The Morgan fingerprint density at radius 2 is 1.84 bits per heavy atom. The van der Waals surface area contributed by atoms with Gasteiger partial charge in [-0.3, -0.25) is 0 Å². The van der Waals surface area contributed by atoms with Gasteiger partial charge in [-0.1, -0.05) is 6.42 Å². The summed E-state index contributed by atoms with van der Waals surface area (Å²) in [6, 6.07) is 2.35. The van der Waals surface area contributed by atoms with Crippen molar-refractivity contribution < 1.29 is 18.9 Å². The molecule has 25 heavy (non-hydrogen) atoms. The van der Waals surface area contributed by atoms with E-state index in [0.717, 1.165) is 44.9 Å². The van der Waals surface area contributed by atoms with Crippen LogP contribution in [0.25, 0.3) is 0 Å². The van der Waals surface area contributed by atoms with Gasteiger partial charge in [0, 0.05) is 31.6 Å². The molecule has 0 radical (unpaired) electrons. The molecule has 0 aromatic heterocycles. The number of fused-ring (bicyclic) bond motifs is 3. The quantitative estimate of drug-likeness (QED) is 0.765. The summed E-state index contributed by atoms with van der Waals surface area (Å²) in [5.74, 6) is -0.305. The highest BCUT2D eigenvalue weighted by atomic mass is 16.8. The molecule has 1 unspecified atom stereocenters. The molecule has 2 saturated carbocycles. The van der Waals surface area contributed by atoms with Crippen molar-refractivity contribution in [3.63, 3.8) is 0 Å². The summed E-state index contributed by atoms with van der Waals surface area (Å²) in [4.78, 5) is 0. The van der Waals surface area contributed by atoms with Gasteiger partial charge in [0.15, 0.2) is 5.79 Å². The molecule has 7 atom stereocenters. The predicted octanol–water partition coefficient (Wildman–Crippen LogP) is 3.46. The number of hydrogen-bond donors (Lipinski definition) is 0. The van der Waals surface area contributed by atoms with E-state index in [-0.39, 0.29) is 47.8 Å². The second-order valence-corrected chi connectivity index (χ2v) is 8.93. The first-order valence-electron chi connectivity index (χ1n) is 10.2. The van der Waals surface area contributed by atoms with Crippen molar-refractivity contribution in [3.8, 4) is 6.07 Å². The van der Waals surface area contributed by atoms with Crippen LogP contribution in [0, 0.1) is 17.2 Å². The normalized spacial score (nSPS) is 48.6. The van der Waals surface area contributed by atoms with Gasteiger partial charge in [-0.25, -0.2) is 0 Å². The highest BCUT2D eigenvalue weighted by molar-refractivity contribution is 5.12. The van der Waals surface area contributed by atoms with Crippen molar-refractivity contribution in [1.29, 1.82) is 5.26 Å². The first-order valence-corrected chi connectivity index (χ1v) is 10.2. The van der Waals surface area contributed by atoms with Crippen LogP contribution in [-0.2, 0) is 18.9 Å². The van der Waals surface area contributed by atoms with Crippen LogP contribution >= 0.6 is 0 Å². The molecule has 2 bridgehead atoms. The second kappa shape index (κ2) is 5.92. The van der Waals surface area contributed by atoms with Gasteiger partial charge in [0.05, 0.1) is 36.1 Å². The van der Waals surface area contributed by atoms with E-state index in [2.05, 4.69) is 6.07 Å². The maximum absolute atomic E-state index is 9.12. The van der Waals surface area contributed by atoms with Crippen molar-refractivity contribution >= 4 is 0 Å². The average Bonchev–Trinajstić information content (AvgIpc) is 3.11. The summed E-state index contributed by atoms with van der Waals surface area (Å²) in [5, 5.41) is 9.12. The van der Waals surface area contributed by atoms with Crippen molar-refractivity contribution in [2.24, 2.45) is 5.92 Å². The van der Waals surface area contributed by atoms with Crippen molar-refractivity contribution in [1.82, 2.24) is 0 Å². The lowest BCUT2D eigenvalue weighted by atomic mass is 9.76. The third-order valence-electron chi connectivity index (χ3n) is 7.07. The van der Waals surface area contributed by atoms with Crippen LogP contribution < -0.4 is 0 Å². The molecule has 5 fully saturated rings. The lowest BCUT2D eigenvalue weighted by Crippen LogP contribution is -2.53. The number of nitriles is 1. The van der Waals surface area contributed by atoms with E-state index in [1.54, 1.807) is 0 Å². The lowest BCUT2D eigenvalue weighted by Gasteiger charge is -2.44. The van der Waals surface area contributed by atoms with Gasteiger partial charge >= 0.3 is 0 Å². The van der Waals surface area contributed by atoms with Crippen molar-refractivity contribution in [2.45, 2.75) is 113 Å². The third kappa shape index (κ3) is 2.65. The molecule has 0 aromatic rings. The molecule has 0 N–H and O–H groups in total. The molecule has 2 aliphatic carbocycles. The van der Waals surface area contributed by atoms with Crippen LogP contribution in [-0.4, -0.2) is 41.9 Å². The number of ether oxygens (including phenoxy) is 4. The third-order valence-corrected chi connectivity index (χ3v) is 7.07. The average molecular weight is 347 g/mol. The fourth-order valence-corrected chi connectivity index (χ4v) is 5.94. The Balaban J connectivity index is 1.33. The standard InChI is InChI=1S/C20H29NO4/c1-13(12-21)9-14-5-6-17-19(23-14)10-15(22-17)18-16(11-19)24-20(25-18)7-3-2-4-8-20/h13-18H,2-11H2,1H3/t13-,14-,15-,16-,17?,18+,19-/m1/s1. The van der Waals surface area contributed by atoms with E-state index in [9.17, 15) is 0 Å². The monoisotopic (exact) mass is 347 g/mol. The molecule has 138 valence electrons. The van der Waals surface area contributed by atoms with E-state index >= 15 is 0 Å². The predicted molar refractivity (Wildman–Crippen MR) is 89.7 cm³/mol.